The molecule has 1 heterocycles. The second-order valence-corrected chi connectivity index (χ2v) is 18.1. The molecule has 1 saturated heterocycles. The fourth-order valence-corrected chi connectivity index (χ4v) is 7.57. The van der Waals surface area contributed by atoms with Crippen molar-refractivity contribution < 1.29 is 58.2 Å². The molecule has 6 atom stereocenters. The highest BCUT2D eigenvalue weighted by molar-refractivity contribution is 5.74. The van der Waals surface area contributed by atoms with Crippen molar-refractivity contribution >= 4 is 23.9 Å². The van der Waals surface area contributed by atoms with Gasteiger partial charge in [0.2, 0.25) is 0 Å². The number of hydrogen-bond acceptors (Lipinski definition) is 11. The summed E-state index contributed by atoms with van der Waals surface area (Å²) in [5, 5.41) is 31.4. The van der Waals surface area contributed by atoms with Gasteiger partial charge in [-0.2, -0.15) is 0 Å². The number of carbonyl (C=O) groups is 4. The molecule has 71 heavy (non-hydrogen) atoms. The summed E-state index contributed by atoms with van der Waals surface area (Å²) in [6.45, 7) is 5.61. The largest absolute Gasteiger partial charge is 0.479 e. The maximum absolute atomic E-state index is 13.0. The summed E-state index contributed by atoms with van der Waals surface area (Å²) in [6, 6.07) is 0. The first-order valence-electron chi connectivity index (χ1n) is 27.2. The first-order chi connectivity index (χ1) is 34.6. The van der Waals surface area contributed by atoms with Gasteiger partial charge < -0.3 is 39.0 Å². The molecule has 0 aromatic carbocycles. The highest BCUT2D eigenvalue weighted by atomic mass is 16.7. The number of unbranched alkanes of at least 4 members (excludes halogenated alkanes) is 14. The molecule has 0 radical (unpaired) electrons. The number of carboxylic acid groups (broad SMARTS) is 1. The van der Waals surface area contributed by atoms with E-state index in [2.05, 4.69) is 87.6 Å². The van der Waals surface area contributed by atoms with E-state index in [0.717, 1.165) is 70.6 Å². The molecule has 1 fully saturated rings. The first kappa shape index (κ1) is 64.7. The number of allylic oxidation sites excluding steroid dienone is 16. The van der Waals surface area contributed by atoms with Crippen LogP contribution in [-0.4, -0.2) is 89.2 Å². The Morgan fingerprint density at radius 1 is 0.479 bits per heavy atom. The molecule has 1 aliphatic rings. The van der Waals surface area contributed by atoms with E-state index in [-0.39, 0.29) is 25.9 Å². The van der Waals surface area contributed by atoms with Crippen LogP contribution in [0.3, 0.4) is 0 Å². The van der Waals surface area contributed by atoms with E-state index in [9.17, 15) is 34.5 Å². The van der Waals surface area contributed by atoms with Gasteiger partial charge >= 0.3 is 23.9 Å². The van der Waals surface area contributed by atoms with Crippen molar-refractivity contribution in [2.75, 3.05) is 13.2 Å². The monoisotopic (exact) mass is 995 g/mol. The molecule has 3 N–H and O–H groups in total. The molecule has 12 heteroatoms. The Labute approximate surface area is 428 Å². The number of hydrogen-bond donors (Lipinski definition) is 3. The van der Waals surface area contributed by atoms with Crippen molar-refractivity contribution in [2.45, 2.75) is 237 Å². The lowest BCUT2D eigenvalue weighted by Crippen LogP contribution is -2.61. The molecule has 402 valence electrons. The van der Waals surface area contributed by atoms with E-state index >= 15 is 0 Å². The molecule has 1 rings (SSSR count). The number of carbonyl (C=O) groups excluding carboxylic acids is 3. The number of carboxylic acids is 1. The third-order valence-corrected chi connectivity index (χ3v) is 11.7. The van der Waals surface area contributed by atoms with Crippen LogP contribution < -0.4 is 0 Å². The first-order valence-corrected chi connectivity index (χ1v) is 27.2. The minimum absolute atomic E-state index is 0.0238. The van der Waals surface area contributed by atoms with Gasteiger partial charge in [0.1, 0.15) is 18.8 Å². The minimum Gasteiger partial charge on any atom is -0.479 e. The summed E-state index contributed by atoms with van der Waals surface area (Å²) in [7, 11) is 0. The van der Waals surface area contributed by atoms with Crippen molar-refractivity contribution in [1.82, 2.24) is 0 Å². The Morgan fingerprint density at radius 3 is 1.32 bits per heavy atom. The Kier molecular flexibility index (Phi) is 42.5. The molecule has 0 bridgehead atoms. The highest BCUT2D eigenvalue weighted by Crippen LogP contribution is 2.26. The standard InChI is InChI=1S/C59H94O12/c1-4-7-10-13-16-19-22-25-26-29-32-35-38-41-44-47-53(62)70-57-55(64)54(63)56(58(65)66)71-59(57)68-49-50(69-52(61)46-43-40-37-34-31-28-24-21-18-15-12-9-6-3)48-67-51(60)45-42-39-36-33-30-27-23-20-17-14-11-8-5-2/h8-9,11-12,17-18,20-21,27-28,30-31,36-37,39-40,50,54-57,59,63-64H,4-7,10,13-16,19,22-26,29,32-35,38,41-49H2,1-3H3,(H,65,66)/b11-8-,12-9-,20-17-,21-18-,30-27-,31-28-,39-36-,40-37-. The SMILES string of the molecule is CC/C=C\C/C=C\C/C=C\C/C=C\CCC(=O)OCC(COC1OC(C(=O)O)C(O)C(O)C1OC(=O)CCCCCCCCCCCCCCCCC)OC(=O)CC/C=C\C/C=C\C/C=C\C/C=C\CC. The van der Waals surface area contributed by atoms with Gasteiger partial charge in [-0.3, -0.25) is 14.4 Å². The lowest BCUT2D eigenvalue weighted by atomic mass is 9.98. The maximum atomic E-state index is 13.0. The van der Waals surface area contributed by atoms with E-state index < -0.39 is 67.3 Å². The van der Waals surface area contributed by atoms with E-state index in [1.807, 2.05) is 30.4 Å². The van der Waals surface area contributed by atoms with Crippen LogP contribution in [0.5, 0.6) is 0 Å². The summed E-state index contributed by atoms with van der Waals surface area (Å²) >= 11 is 0. The van der Waals surface area contributed by atoms with Crippen molar-refractivity contribution in [3.05, 3.63) is 97.2 Å². The Balaban J connectivity index is 2.79. The van der Waals surface area contributed by atoms with Gasteiger partial charge in [0.05, 0.1) is 6.61 Å². The lowest BCUT2D eigenvalue weighted by molar-refractivity contribution is -0.301. The smallest absolute Gasteiger partial charge is 0.335 e. The third-order valence-electron chi connectivity index (χ3n) is 11.7. The quantitative estimate of drug-likeness (QED) is 0.0228. The van der Waals surface area contributed by atoms with Crippen LogP contribution in [0.2, 0.25) is 0 Å². The van der Waals surface area contributed by atoms with Crippen molar-refractivity contribution in [1.29, 1.82) is 0 Å². The number of aliphatic carboxylic acids is 1. The van der Waals surface area contributed by atoms with Crippen LogP contribution in [0.4, 0.5) is 0 Å². The summed E-state index contributed by atoms with van der Waals surface area (Å²) in [5.74, 6) is -3.35. The summed E-state index contributed by atoms with van der Waals surface area (Å²) in [5.41, 5.74) is 0. The van der Waals surface area contributed by atoms with Crippen molar-refractivity contribution in [3.8, 4) is 0 Å². The Bertz CT molecular complexity index is 1610. The van der Waals surface area contributed by atoms with E-state index in [1.54, 1.807) is 0 Å². The van der Waals surface area contributed by atoms with E-state index in [0.29, 0.717) is 25.7 Å². The van der Waals surface area contributed by atoms with Crippen molar-refractivity contribution in [2.24, 2.45) is 0 Å². The van der Waals surface area contributed by atoms with Gasteiger partial charge in [-0.05, 0) is 70.6 Å². The molecule has 12 nitrogen and oxygen atoms in total. The van der Waals surface area contributed by atoms with Gasteiger partial charge in [0.15, 0.2) is 24.6 Å². The molecule has 0 aromatic rings. The van der Waals surface area contributed by atoms with Gasteiger partial charge in [-0.15, -0.1) is 0 Å². The number of aliphatic hydroxyl groups is 2. The van der Waals surface area contributed by atoms with Gasteiger partial charge in [-0.25, -0.2) is 4.79 Å². The average Bonchev–Trinajstić information content (AvgIpc) is 3.35. The lowest BCUT2D eigenvalue weighted by Gasteiger charge is -2.40. The number of aliphatic hydroxyl groups excluding tert-OH is 2. The van der Waals surface area contributed by atoms with Gasteiger partial charge in [-0.1, -0.05) is 208 Å². The zero-order chi connectivity index (χ0) is 51.8. The molecule has 0 aliphatic carbocycles. The highest BCUT2D eigenvalue weighted by Gasteiger charge is 2.50. The summed E-state index contributed by atoms with van der Waals surface area (Å²) in [6.07, 6.45) is 48.5. The predicted molar refractivity (Wildman–Crippen MR) is 284 cm³/mol. The maximum Gasteiger partial charge on any atom is 0.335 e. The summed E-state index contributed by atoms with van der Waals surface area (Å²) in [4.78, 5) is 50.8. The van der Waals surface area contributed by atoms with Crippen LogP contribution in [0, 0.1) is 0 Å². The fourth-order valence-electron chi connectivity index (χ4n) is 7.57. The van der Waals surface area contributed by atoms with E-state index in [1.165, 1.54) is 64.2 Å². The van der Waals surface area contributed by atoms with Crippen LogP contribution in [0.25, 0.3) is 0 Å². The fraction of sp³-hybridized carbons (Fsp3) is 0.661. The molecule has 1 aliphatic heterocycles. The van der Waals surface area contributed by atoms with Crippen LogP contribution >= 0.6 is 0 Å². The third kappa shape index (κ3) is 37.1. The van der Waals surface area contributed by atoms with Crippen LogP contribution in [-0.2, 0) is 42.9 Å². The average molecular weight is 995 g/mol. The van der Waals surface area contributed by atoms with Crippen LogP contribution in [0.15, 0.2) is 97.2 Å². The molecular formula is C59H94O12. The summed E-state index contributed by atoms with van der Waals surface area (Å²) < 4.78 is 28.1. The molecule has 0 saturated carbocycles. The molecule has 0 aromatic heterocycles. The molecule has 0 amide bonds. The zero-order valence-electron chi connectivity index (χ0n) is 43.9. The normalized spacial score (nSPS) is 19.3. The van der Waals surface area contributed by atoms with E-state index in [4.69, 9.17) is 23.7 Å². The number of rotatable bonds is 44. The van der Waals surface area contributed by atoms with Crippen molar-refractivity contribution in [3.63, 3.8) is 0 Å². The molecule has 0 spiro atoms. The Morgan fingerprint density at radius 2 is 0.887 bits per heavy atom. The second-order valence-electron chi connectivity index (χ2n) is 18.1. The molecular weight excluding hydrogens is 901 g/mol. The van der Waals surface area contributed by atoms with Gasteiger partial charge in [0.25, 0.3) is 0 Å². The zero-order valence-corrected chi connectivity index (χ0v) is 43.9. The van der Waals surface area contributed by atoms with Gasteiger partial charge in [0, 0.05) is 19.3 Å². The molecule has 6 unspecified atom stereocenters. The predicted octanol–water partition coefficient (Wildman–Crippen LogP) is 13.3. The topological polar surface area (TPSA) is 175 Å². The number of esters is 3. The number of ether oxygens (including phenoxy) is 5. The second kappa shape index (κ2) is 46.7. The van der Waals surface area contributed by atoms with Crippen LogP contribution in [0.1, 0.15) is 201 Å². The Hall–Kier alpha value is -4.36. The minimum atomic E-state index is -1.92.